The zero-order chi connectivity index (χ0) is 19.1. The Bertz CT molecular complexity index is 674. The second-order valence-corrected chi connectivity index (χ2v) is 8.22. The third-order valence-electron chi connectivity index (χ3n) is 5.10. The lowest BCUT2D eigenvalue weighted by molar-refractivity contribution is 0.238. The van der Waals surface area contributed by atoms with Gasteiger partial charge < -0.3 is 9.64 Å². The number of hydrogen-bond donors (Lipinski definition) is 0. The molecule has 1 aromatic carbocycles. The lowest BCUT2D eigenvalue weighted by atomic mass is 9.87. The Kier molecular flexibility index (Phi) is 6.67. The van der Waals surface area contributed by atoms with Gasteiger partial charge in [-0.2, -0.15) is 0 Å². The van der Waals surface area contributed by atoms with Gasteiger partial charge in [0.1, 0.15) is 11.6 Å². The van der Waals surface area contributed by atoms with Crippen molar-refractivity contribution in [2.45, 2.75) is 39.0 Å². The molecule has 1 aliphatic heterocycles. The van der Waals surface area contributed by atoms with Crippen LogP contribution in [0.2, 0.25) is 0 Å². The van der Waals surface area contributed by atoms with E-state index < -0.39 is 0 Å². The summed E-state index contributed by atoms with van der Waals surface area (Å²) in [7, 11) is 0. The summed E-state index contributed by atoms with van der Waals surface area (Å²) in [6.45, 7) is 12.8. The highest BCUT2D eigenvalue weighted by atomic mass is 16.5. The molecule has 0 spiro atoms. The lowest BCUT2D eigenvalue weighted by Gasteiger charge is -2.35. The van der Waals surface area contributed by atoms with Crippen LogP contribution in [0.15, 0.2) is 42.9 Å². The van der Waals surface area contributed by atoms with Gasteiger partial charge >= 0.3 is 0 Å². The first-order valence-electron chi connectivity index (χ1n) is 9.99. The largest absolute Gasteiger partial charge is 0.494 e. The molecule has 0 atom stereocenters. The van der Waals surface area contributed by atoms with E-state index in [1.54, 1.807) is 12.4 Å². The summed E-state index contributed by atoms with van der Waals surface area (Å²) in [5, 5.41) is 0. The number of rotatable bonds is 7. The highest BCUT2D eigenvalue weighted by Gasteiger charge is 2.17. The second-order valence-electron chi connectivity index (χ2n) is 8.22. The molecule has 0 N–H and O–H groups in total. The van der Waals surface area contributed by atoms with Crippen LogP contribution in [-0.2, 0) is 5.41 Å². The first-order valence-corrected chi connectivity index (χ1v) is 9.99. The minimum atomic E-state index is 0.190. The highest BCUT2D eigenvalue weighted by molar-refractivity contribution is 5.35. The summed E-state index contributed by atoms with van der Waals surface area (Å²) >= 11 is 0. The van der Waals surface area contributed by atoms with E-state index in [0.717, 1.165) is 57.3 Å². The van der Waals surface area contributed by atoms with Crippen LogP contribution in [0.1, 0.15) is 39.2 Å². The zero-order valence-electron chi connectivity index (χ0n) is 16.9. The van der Waals surface area contributed by atoms with Gasteiger partial charge in [0.25, 0.3) is 0 Å². The van der Waals surface area contributed by atoms with Crippen LogP contribution in [0.5, 0.6) is 5.75 Å². The molecule has 0 radical (unpaired) electrons. The molecule has 5 heteroatoms. The number of unbranched alkanes of at least 4 members (excludes halogenated alkanes) is 1. The summed E-state index contributed by atoms with van der Waals surface area (Å²) in [5.74, 6) is 1.96. The first-order chi connectivity index (χ1) is 13.0. The Hall–Kier alpha value is -2.14. The number of ether oxygens (including phenoxy) is 1. The van der Waals surface area contributed by atoms with E-state index in [-0.39, 0.29) is 5.41 Å². The monoisotopic (exact) mass is 368 g/mol. The van der Waals surface area contributed by atoms with Gasteiger partial charge in [-0.05, 0) is 42.5 Å². The first kappa shape index (κ1) is 19.6. The topological polar surface area (TPSA) is 41.5 Å². The maximum atomic E-state index is 5.90. The van der Waals surface area contributed by atoms with Crippen LogP contribution >= 0.6 is 0 Å². The molecule has 1 saturated heterocycles. The fourth-order valence-corrected chi connectivity index (χ4v) is 3.33. The molecule has 0 unspecified atom stereocenters. The van der Waals surface area contributed by atoms with Gasteiger partial charge in [0.05, 0.1) is 12.8 Å². The van der Waals surface area contributed by atoms with E-state index in [2.05, 4.69) is 64.8 Å². The molecule has 0 bridgehead atoms. The van der Waals surface area contributed by atoms with E-state index in [4.69, 9.17) is 4.74 Å². The van der Waals surface area contributed by atoms with E-state index in [1.807, 2.05) is 6.20 Å². The quantitative estimate of drug-likeness (QED) is 0.696. The van der Waals surface area contributed by atoms with Crippen LogP contribution in [0.25, 0.3) is 0 Å². The average molecular weight is 369 g/mol. The smallest absolute Gasteiger partial charge is 0.147 e. The number of piperazine rings is 1. The van der Waals surface area contributed by atoms with Crippen LogP contribution in [0, 0.1) is 0 Å². The minimum Gasteiger partial charge on any atom is -0.494 e. The number of benzene rings is 1. The summed E-state index contributed by atoms with van der Waals surface area (Å²) in [4.78, 5) is 13.4. The Morgan fingerprint density at radius 3 is 2.33 bits per heavy atom. The molecule has 1 fully saturated rings. The van der Waals surface area contributed by atoms with E-state index in [0.29, 0.717) is 0 Å². The van der Waals surface area contributed by atoms with Crippen molar-refractivity contribution < 1.29 is 4.74 Å². The molecule has 0 amide bonds. The van der Waals surface area contributed by atoms with Crippen molar-refractivity contribution in [1.82, 2.24) is 14.9 Å². The number of hydrogen-bond acceptors (Lipinski definition) is 5. The number of aromatic nitrogens is 2. The summed E-state index contributed by atoms with van der Waals surface area (Å²) in [5.41, 5.74) is 1.53. The van der Waals surface area contributed by atoms with Crippen molar-refractivity contribution >= 4 is 5.82 Å². The molecule has 0 saturated carbocycles. The molecule has 5 nitrogen and oxygen atoms in total. The standard InChI is InChI=1S/C22H32N4O/c1-22(2,3)19-6-8-20(9-7-19)27-17-5-4-12-25-13-15-26(16-14-25)21-18-23-10-11-24-21/h6-11,18H,4-5,12-17H2,1-3H3. The van der Waals surface area contributed by atoms with Gasteiger partial charge in [0.2, 0.25) is 0 Å². The van der Waals surface area contributed by atoms with Crippen molar-refractivity contribution in [2.75, 3.05) is 44.2 Å². The van der Waals surface area contributed by atoms with Crippen molar-refractivity contribution in [1.29, 1.82) is 0 Å². The fraction of sp³-hybridized carbons (Fsp3) is 0.545. The molecular formula is C22H32N4O. The number of anilines is 1. The molecule has 146 valence electrons. The van der Waals surface area contributed by atoms with Gasteiger partial charge in [0.15, 0.2) is 0 Å². The van der Waals surface area contributed by atoms with Gasteiger partial charge in [-0.25, -0.2) is 4.98 Å². The SMILES string of the molecule is CC(C)(C)c1ccc(OCCCCN2CCN(c3cnccn3)CC2)cc1. The van der Waals surface area contributed by atoms with Gasteiger partial charge in [-0.1, -0.05) is 32.9 Å². The molecular weight excluding hydrogens is 336 g/mol. The van der Waals surface area contributed by atoms with E-state index >= 15 is 0 Å². The Labute approximate surface area is 163 Å². The summed E-state index contributed by atoms with van der Waals surface area (Å²) < 4.78 is 5.90. The second kappa shape index (κ2) is 9.18. The summed E-state index contributed by atoms with van der Waals surface area (Å²) in [6.07, 6.45) is 7.59. The third-order valence-corrected chi connectivity index (χ3v) is 5.10. The maximum Gasteiger partial charge on any atom is 0.147 e. The Morgan fingerprint density at radius 1 is 0.963 bits per heavy atom. The average Bonchev–Trinajstić information content (AvgIpc) is 2.69. The minimum absolute atomic E-state index is 0.190. The number of nitrogens with zero attached hydrogens (tertiary/aromatic N) is 4. The molecule has 1 aromatic heterocycles. The lowest BCUT2D eigenvalue weighted by Crippen LogP contribution is -2.47. The molecule has 1 aliphatic rings. The van der Waals surface area contributed by atoms with Crippen LogP contribution in [-0.4, -0.2) is 54.2 Å². The molecule has 27 heavy (non-hydrogen) atoms. The van der Waals surface area contributed by atoms with Crippen LogP contribution < -0.4 is 9.64 Å². The van der Waals surface area contributed by atoms with E-state index in [9.17, 15) is 0 Å². The van der Waals surface area contributed by atoms with Gasteiger partial charge in [-0.3, -0.25) is 9.88 Å². The van der Waals surface area contributed by atoms with Gasteiger partial charge in [-0.15, -0.1) is 0 Å². The van der Waals surface area contributed by atoms with Crippen LogP contribution in [0.3, 0.4) is 0 Å². The zero-order valence-corrected chi connectivity index (χ0v) is 16.9. The highest BCUT2D eigenvalue weighted by Crippen LogP contribution is 2.24. The van der Waals surface area contributed by atoms with E-state index in [1.165, 1.54) is 12.0 Å². The Morgan fingerprint density at radius 2 is 1.70 bits per heavy atom. The van der Waals surface area contributed by atoms with Gasteiger partial charge in [0, 0.05) is 38.6 Å². The van der Waals surface area contributed by atoms with Crippen molar-refractivity contribution in [3.05, 3.63) is 48.4 Å². The molecule has 2 heterocycles. The van der Waals surface area contributed by atoms with Crippen molar-refractivity contribution in [3.8, 4) is 5.75 Å². The Balaban J connectivity index is 1.30. The molecule has 2 aromatic rings. The fourth-order valence-electron chi connectivity index (χ4n) is 3.33. The summed E-state index contributed by atoms with van der Waals surface area (Å²) in [6, 6.07) is 8.52. The van der Waals surface area contributed by atoms with Crippen LogP contribution in [0.4, 0.5) is 5.82 Å². The predicted molar refractivity (Wildman–Crippen MR) is 111 cm³/mol. The van der Waals surface area contributed by atoms with Crippen molar-refractivity contribution in [2.24, 2.45) is 0 Å². The maximum absolute atomic E-state index is 5.90. The molecule has 3 rings (SSSR count). The third kappa shape index (κ3) is 5.93. The van der Waals surface area contributed by atoms with Crippen molar-refractivity contribution in [3.63, 3.8) is 0 Å². The predicted octanol–water partition coefficient (Wildman–Crippen LogP) is 3.76. The molecule has 0 aliphatic carbocycles. The normalized spacial score (nSPS) is 15.7.